The number of aliphatic hydroxyl groups is 1. The fourth-order valence-corrected chi connectivity index (χ4v) is 4.21. The Morgan fingerprint density at radius 1 is 1.33 bits per heavy atom. The standard InChI is InChI=1S/C19H15F3N6O4S/c20-19(21,22)12-2-1-3-13(25-12)28-4-5-31-15(18(28)30)14(29)17-24-9-7-10-8(16(23)26-32-10)6-11(9)33-27-17/h1-3,6-7,14-15,29H,4-5H2,(H2,23,26)(H,24,27). The molecule has 5 rings (SSSR count). The molecule has 0 spiro atoms. The molecule has 14 heteroatoms. The van der Waals surface area contributed by atoms with Crippen LogP contribution < -0.4 is 16.0 Å². The maximum absolute atomic E-state index is 13.0. The molecule has 172 valence electrons. The Morgan fingerprint density at radius 2 is 2.15 bits per heavy atom. The molecule has 3 aromatic rings. The van der Waals surface area contributed by atoms with Gasteiger partial charge in [-0.1, -0.05) is 11.2 Å². The summed E-state index contributed by atoms with van der Waals surface area (Å²) in [7, 11) is 0. The molecular weight excluding hydrogens is 465 g/mol. The summed E-state index contributed by atoms with van der Waals surface area (Å²) in [5.41, 5.74) is 5.60. The molecule has 2 aliphatic rings. The molecule has 0 saturated carbocycles. The van der Waals surface area contributed by atoms with Crippen molar-refractivity contribution in [1.29, 1.82) is 0 Å². The Labute approximate surface area is 187 Å². The highest BCUT2D eigenvalue weighted by molar-refractivity contribution is 7.98. The minimum Gasteiger partial charge on any atom is -0.382 e. The lowest BCUT2D eigenvalue weighted by molar-refractivity contribution is -0.142. The zero-order valence-electron chi connectivity index (χ0n) is 16.5. The number of rotatable bonds is 3. The number of carbonyl (C=O) groups is 1. The van der Waals surface area contributed by atoms with Crippen LogP contribution in [0.25, 0.3) is 11.0 Å². The van der Waals surface area contributed by atoms with Gasteiger partial charge < -0.3 is 25.4 Å². The lowest BCUT2D eigenvalue weighted by Crippen LogP contribution is -2.55. The quantitative estimate of drug-likeness (QED) is 0.482. The van der Waals surface area contributed by atoms with Crippen LogP contribution in [0.5, 0.6) is 0 Å². The summed E-state index contributed by atoms with van der Waals surface area (Å²) in [4.78, 5) is 18.3. The van der Waals surface area contributed by atoms with Crippen LogP contribution in [0.15, 0.2) is 44.1 Å². The van der Waals surface area contributed by atoms with Crippen LogP contribution >= 0.6 is 11.9 Å². The SMILES string of the molecule is Nc1noc2cc3c(cc12)SN=C(C(O)C1OCCN(c2cccc(C(F)(F)F)n2)C1=O)N3. The summed E-state index contributed by atoms with van der Waals surface area (Å²) in [5, 5.41) is 18.1. The number of aliphatic hydroxyl groups excluding tert-OH is 1. The van der Waals surface area contributed by atoms with Crippen molar-refractivity contribution in [1.82, 2.24) is 10.1 Å². The first-order chi connectivity index (χ1) is 15.7. The number of hydrogen-bond acceptors (Lipinski definition) is 10. The summed E-state index contributed by atoms with van der Waals surface area (Å²) in [5.74, 6) is -0.650. The number of alkyl halides is 3. The number of nitrogens with zero attached hydrogens (tertiary/aromatic N) is 4. The van der Waals surface area contributed by atoms with Gasteiger partial charge in [-0.05, 0) is 18.2 Å². The Bertz CT molecular complexity index is 1280. The largest absolute Gasteiger partial charge is 0.433 e. The van der Waals surface area contributed by atoms with Crippen molar-refractivity contribution in [2.75, 3.05) is 29.1 Å². The van der Waals surface area contributed by atoms with Crippen LogP contribution in [-0.2, 0) is 15.7 Å². The lowest BCUT2D eigenvalue weighted by atomic mass is 10.1. The third-order valence-corrected chi connectivity index (χ3v) is 5.92. The van der Waals surface area contributed by atoms with E-state index in [2.05, 4.69) is 19.9 Å². The van der Waals surface area contributed by atoms with Crippen molar-refractivity contribution in [2.45, 2.75) is 23.3 Å². The minimum absolute atomic E-state index is 0.0135. The number of anilines is 3. The number of benzene rings is 1. The van der Waals surface area contributed by atoms with E-state index in [9.17, 15) is 23.1 Å². The van der Waals surface area contributed by atoms with Gasteiger partial charge in [0.2, 0.25) is 0 Å². The molecule has 4 heterocycles. The molecule has 2 aromatic heterocycles. The van der Waals surface area contributed by atoms with E-state index < -0.39 is 30.0 Å². The van der Waals surface area contributed by atoms with Crippen molar-refractivity contribution in [3.63, 3.8) is 0 Å². The van der Waals surface area contributed by atoms with Gasteiger partial charge in [0.25, 0.3) is 5.91 Å². The summed E-state index contributed by atoms with van der Waals surface area (Å²) in [6.45, 7) is -0.0287. The predicted molar refractivity (Wildman–Crippen MR) is 113 cm³/mol. The summed E-state index contributed by atoms with van der Waals surface area (Å²) < 4.78 is 53.9. The molecule has 0 radical (unpaired) electrons. The lowest BCUT2D eigenvalue weighted by Gasteiger charge is -2.34. The fourth-order valence-electron chi connectivity index (χ4n) is 3.48. The first-order valence-electron chi connectivity index (χ1n) is 9.58. The van der Waals surface area contributed by atoms with Crippen LogP contribution in [0.3, 0.4) is 0 Å². The first kappa shape index (κ1) is 21.5. The number of morpholine rings is 1. The molecule has 2 unspecified atom stereocenters. The Hall–Kier alpha value is -3.36. The number of nitrogen functional groups attached to an aromatic ring is 1. The second kappa shape index (κ2) is 7.90. The number of carbonyl (C=O) groups excluding carboxylic acids is 1. The average Bonchev–Trinajstić information content (AvgIpc) is 3.16. The van der Waals surface area contributed by atoms with Gasteiger partial charge in [0.15, 0.2) is 17.5 Å². The van der Waals surface area contributed by atoms with Gasteiger partial charge >= 0.3 is 6.18 Å². The number of nitrogens with two attached hydrogens (primary N) is 1. The van der Waals surface area contributed by atoms with Crippen LogP contribution in [-0.4, -0.2) is 52.3 Å². The van der Waals surface area contributed by atoms with Crippen molar-refractivity contribution < 1.29 is 32.3 Å². The van der Waals surface area contributed by atoms with Crippen molar-refractivity contribution in [3.05, 3.63) is 36.0 Å². The number of hydrogen-bond donors (Lipinski definition) is 3. The number of halogens is 3. The van der Waals surface area contributed by atoms with E-state index >= 15 is 0 Å². The second-order valence-electron chi connectivity index (χ2n) is 7.21. The number of fused-ring (bicyclic) bond motifs is 2. The maximum Gasteiger partial charge on any atom is 0.433 e. The fraction of sp³-hybridized carbons (Fsp3) is 0.263. The highest BCUT2D eigenvalue weighted by Crippen LogP contribution is 2.38. The third-order valence-electron chi connectivity index (χ3n) is 5.10. The van der Waals surface area contributed by atoms with Crippen LogP contribution in [0.1, 0.15) is 5.69 Å². The Balaban J connectivity index is 1.37. The topological polar surface area (TPSA) is 139 Å². The van der Waals surface area contributed by atoms with Gasteiger partial charge in [-0.2, -0.15) is 17.6 Å². The molecule has 0 bridgehead atoms. The number of nitrogens with one attached hydrogen (secondary N) is 1. The number of ether oxygens (including phenoxy) is 1. The van der Waals surface area contributed by atoms with Crippen LogP contribution in [0.4, 0.5) is 30.5 Å². The van der Waals surface area contributed by atoms with Crippen LogP contribution in [0.2, 0.25) is 0 Å². The molecule has 1 fully saturated rings. The number of aromatic nitrogens is 2. The third kappa shape index (κ3) is 3.85. The smallest absolute Gasteiger partial charge is 0.382 e. The number of amides is 1. The Kier molecular flexibility index (Phi) is 5.14. The second-order valence-corrected chi connectivity index (χ2v) is 8.02. The Morgan fingerprint density at radius 3 is 2.94 bits per heavy atom. The van der Waals surface area contributed by atoms with E-state index in [0.717, 1.165) is 29.0 Å². The highest BCUT2D eigenvalue weighted by Gasteiger charge is 2.40. The monoisotopic (exact) mass is 480 g/mol. The van der Waals surface area contributed by atoms with Crippen molar-refractivity contribution in [3.8, 4) is 0 Å². The van der Waals surface area contributed by atoms with Crippen molar-refractivity contribution in [2.24, 2.45) is 4.40 Å². The van der Waals surface area contributed by atoms with E-state index in [1.807, 2.05) is 0 Å². The normalized spacial score (nSPS) is 19.8. The molecule has 1 aromatic carbocycles. The minimum atomic E-state index is -4.66. The van der Waals surface area contributed by atoms with Gasteiger partial charge in [0, 0.05) is 18.0 Å². The summed E-state index contributed by atoms with van der Waals surface area (Å²) in [6, 6.07) is 6.62. The molecule has 10 nitrogen and oxygen atoms in total. The zero-order valence-corrected chi connectivity index (χ0v) is 17.4. The van der Waals surface area contributed by atoms with E-state index in [-0.39, 0.29) is 30.6 Å². The van der Waals surface area contributed by atoms with E-state index in [1.54, 1.807) is 12.1 Å². The highest BCUT2D eigenvalue weighted by atomic mass is 32.2. The molecule has 1 saturated heterocycles. The van der Waals surface area contributed by atoms with Crippen LogP contribution in [0, 0.1) is 0 Å². The van der Waals surface area contributed by atoms with E-state index in [1.165, 1.54) is 6.07 Å². The molecule has 0 aliphatic carbocycles. The predicted octanol–water partition coefficient (Wildman–Crippen LogP) is 2.45. The summed E-state index contributed by atoms with van der Waals surface area (Å²) >= 11 is 1.04. The number of pyridine rings is 1. The van der Waals surface area contributed by atoms with Gasteiger partial charge in [-0.15, -0.1) is 0 Å². The zero-order chi connectivity index (χ0) is 23.3. The van der Waals surface area contributed by atoms with Gasteiger partial charge in [-0.25, -0.2) is 4.98 Å². The van der Waals surface area contributed by atoms with E-state index in [0.29, 0.717) is 21.6 Å². The molecular formula is C19H15F3N6O4S. The maximum atomic E-state index is 13.0. The number of amidine groups is 1. The molecule has 4 N–H and O–H groups in total. The average molecular weight is 480 g/mol. The van der Waals surface area contributed by atoms with Gasteiger partial charge in [0.1, 0.15) is 23.5 Å². The van der Waals surface area contributed by atoms with Gasteiger partial charge in [-0.3, -0.25) is 9.69 Å². The molecule has 1 amide bonds. The molecule has 2 aliphatic heterocycles. The summed E-state index contributed by atoms with van der Waals surface area (Å²) in [6.07, 6.45) is -7.56. The molecule has 33 heavy (non-hydrogen) atoms. The van der Waals surface area contributed by atoms with Crippen molar-refractivity contribution >= 4 is 52.0 Å². The van der Waals surface area contributed by atoms with E-state index in [4.69, 9.17) is 15.0 Å². The molecule has 2 atom stereocenters. The van der Waals surface area contributed by atoms with Gasteiger partial charge in [0.05, 0.1) is 29.1 Å². The first-order valence-corrected chi connectivity index (χ1v) is 10.4.